The van der Waals surface area contributed by atoms with Gasteiger partial charge in [-0.1, -0.05) is 0 Å². The number of unbranched alkanes of at least 4 members (excludes halogenated alkanes) is 1. The zero-order chi connectivity index (χ0) is 13.1. The summed E-state index contributed by atoms with van der Waals surface area (Å²) in [5.41, 5.74) is 1.29. The Balaban J connectivity index is 2.07. The monoisotopic (exact) mass is 269 g/mol. The molecule has 0 saturated heterocycles. The van der Waals surface area contributed by atoms with Gasteiger partial charge >= 0.3 is 0 Å². The van der Waals surface area contributed by atoms with Gasteiger partial charge in [0, 0.05) is 33.4 Å². The molecule has 1 aromatic heterocycles. The smallest absolute Gasteiger partial charge is 0.191 e. The number of guanidine groups is 1. The fourth-order valence-electron chi connectivity index (χ4n) is 1.48. The maximum atomic E-state index is 5.29. The van der Waals surface area contributed by atoms with Crippen molar-refractivity contribution in [3.63, 3.8) is 0 Å². The lowest BCUT2D eigenvalue weighted by Gasteiger charge is -2.11. The fraction of sp³-hybridized carbons (Fsp3) is 0.615. The first-order chi connectivity index (χ1) is 8.86. The Hall–Kier alpha value is -1.07. The zero-order valence-electron chi connectivity index (χ0n) is 11.2. The van der Waals surface area contributed by atoms with E-state index in [4.69, 9.17) is 4.74 Å². The molecule has 0 unspecified atom stereocenters. The SMILES string of the molecule is CCOCCCCNC(=NC)NCc1ccsc1. The van der Waals surface area contributed by atoms with Crippen molar-refractivity contribution in [2.45, 2.75) is 26.3 Å². The molecule has 4 nitrogen and oxygen atoms in total. The van der Waals surface area contributed by atoms with Gasteiger partial charge in [0.2, 0.25) is 0 Å². The number of aliphatic imine (C=N–C) groups is 1. The summed E-state index contributed by atoms with van der Waals surface area (Å²) in [4.78, 5) is 4.19. The number of nitrogens with one attached hydrogen (secondary N) is 2. The topological polar surface area (TPSA) is 45.6 Å². The molecule has 18 heavy (non-hydrogen) atoms. The van der Waals surface area contributed by atoms with Gasteiger partial charge in [0.05, 0.1) is 0 Å². The Labute approximate surface area is 113 Å². The summed E-state index contributed by atoms with van der Waals surface area (Å²) in [6.07, 6.45) is 2.18. The molecule has 102 valence electrons. The number of rotatable bonds is 8. The lowest BCUT2D eigenvalue weighted by atomic mass is 10.3. The molecule has 0 atom stereocenters. The first-order valence-electron chi connectivity index (χ1n) is 6.40. The summed E-state index contributed by atoms with van der Waals surface area (Å²) in [5, 5.41) is 10.8. The first kappa shape index (κ1) is 15.0. The van der Waals surface area contributed by atoms with Crippen molar-refractivity contribution < 1.29 is 4.74 Å². The van der Waals surface area contributed by atoms with Gasteiger partial charge in [-0.3, -0.25) is 4.99 Å². The van der Waals surface area contributed by atoms with Crippen molar-refractivity contribution >= 4 is 17.3 Å². The van der Waals surface area contributed by atoms with Crippen LogP contribution in [0.15, 0.2) is 21.8 Å². The minimum atomic E-state index is 0.803. The third kappa shape index (κ3) is 6.61. The van der Waals surface area contributed by atoms with Crippen LogP contribution in [-0.4, -0.2) is 32.8 Å². The zero-order valence-corrected chi connectivity index (χ0v) is 12.1. The quantitative estimate of drug-likeness (QED) is 0.432. The molecule has 5 heteroatoms. The molecular weight excluding hydrogens is 246 g/mol. The fourth-order valence-corrected chi connectivity index (χ4v) is 2.15. The minimum absolute atomic E-state index is 0.803. The summed E-state index contributed by atoms with van der Waals surface area (Å²) in [7, 11) is 1.79. The van der Waals surface area contributed by atoms with Crippen molar-refractivity contribution in [1.82, 2.24) is 10.6 Å². The van der Waals surface area contributed by atoms with Crippen molar-refractivity contribution in [2.24, 2.45) is 4.99 Å². The Bertz CT molecular complexity index is 325. The van der Waals surface area contributed by atoms with E-state index in [9.17, 15) is 0 Å². The highest BCUT2D eigenvalue weighted by molar-refractivity contribution is 7.07. The second-order valence-corrected chi connectivity index (χ2v) is 4.67. The van der Waals surface area contributed by atoms with E-state index in [1.54, 1.807) is 18.4 Å². The van der Waals surface area contributed by atoms with Crippen LogP contribution in [0.5, 0.6) is 0 Å². The highest BCUT2D eigenvalue weighted by atomic mass is 32.1. The van der Waals surface area contributed by atoms with Crippen LogP contribution in [0.3, 0.4) is 0 Å². The Morgan fingerprint density at radius 3 is 2.94 bits per heavy atom. The van der Waals surface area contributed by atoms with Crippen molar-refractivity contribution in [3.05, 3.63) is 22.4 Å². The van der Waals surface area contributed by atoms with Gasteiger partial charge in [-0.05, 0) is 42.2 Å². The molecule has 2 N–H and O–H groups in total. The molecule has 0 radical (unpaired) electrons. The number of nitrogens with zero attached hydrogens (tertiary/aromatic N) is 1. The molecule has 0 aromatic carbocycles. The van der Waals surface area contributed by atoms with Crippen molar-refractivity contribution in [3.8, 4) is 0 Å². The average molecular weight is 269 g/mol. The van der Waals surface area contributed by atoms with Gasteiger partial charge < -0.3 is 15.4 Å². The minimum Gasteiger partial charge on any atom is -0.382 e. The summed E-state index contributed by atoms with van der Waals surface area (Å²) in [5.74, 6) is 0.859. The lowest BCUT2D eigenvalue weighted by molar-refractivity contribution is 0.143. The van der Waals surface area contributed by atoms with E-state index in [-0.39, 0.29) is 0 Å². The molecule has 1 aromatic rings. The highest BCUT2D eigenvalue weighted by Gasteiger charge is 1.98. The lowest BCUT2D eigenvalue weighted by Crippen LogP contribution is -2.37. The second kappa shape index (κ2) is 9.91. The van der Waals surface area contributed by atoms with Crippen LogP contribution in [0.4, 0.5) is 0 Å². The van der Waals surface area contributed by atoms with Gasteiger partial charge in [0.1, 0.15) is 0 Å². The van der Waals surface area contributed by atoms with Crippen molar-refractivity contribution in [2.75, 3.05) is 26.8 Å². The molecule has 0 aliphatic heterocycles. The Morgan fingerprint density at radius 2 is 2.28 bits per heavy atom. The van der Waals surface area contributed by atoms with Crippen LogP contribution in [0.25, 0.3) is 0 Å². The van der Waals surface area contributed by atoms with E-state index in [1.165, 1.54) is 5.56 Å². The van der Waals surface area contributed by atoms with E-state index in [1.807, 2.05) is 6.92 Å². The van der Waals surface area contributed by atoms with Gasteiger partial charge in [-0.15, -0.1) is 0 Å². The highest BCUT2D eigenvalue weighted by Crippen LogP contribution is 2.04. The van der Waals surface area contributed by atoms with Crippen LogP contribution in [0.1, 0.15) is 25.3 Å². The molecule has 0 aliphatic carbocycles. The molecule has 0 amide bonds. The largest absolute Gasteiger partial charge is 0.382 e. The van der Waals surface area contributed by atoms with Gasteiger partial charge in [0.25, 0.3) is 0 Å². The van der Waals surface area contributed by atoms with E-state index in [0.717, 1.165) is 45.1 Å². The summed E-state index contributed by atoms with van der Waals surface area (Å²) in [6, 6.07) is 2.12. The maximum Gasteiger partial charge on any atom is 0.191 e. The summed E-state index contributed by atoms with van der Waals surface area (Å²) < 4.78 is 5.29. The van der Waals surface area contributed by atoms with E-state index >= 15 is 0 Å². The van der Waals surface area contributed by atoms with Crippen LogP contribution in [0.2, 0.25) is 0 Å². The van der Waals surface area contributed by atoms with Crippen LogP contribution in [0, 0.1) is 0 Å². The van der Waals surface area contributed by atoms with E-state index < -0.39 is 0 Å². The maximum absolute atomic E-state index is 5.29. The average Bonchev–Trinajstić information content (AvgIpc) is 2.90. The second-order valence-electron chi connectivity index (χ2n) is 3.89. The predicted molar refractivity (Wildman–Crippen MR) is 78.2 cm³/mol. The molecular formula is C13H23N3OS. The van der Waals surface area contributed by atoms with Crippen LogP contribution < -0.4 is 10.6 Å². The molecule has 0 fully saturated rings. The molecule has 0 bridgehead atoms. The van der Waals surface area contributed by atoms with Gasteiger partial charge in [-0.2, -0.15) is 11.3 Å². The van der Waals surface area contributed by atoms with E-state index in [2.05, 4.69) is 32.5 Å². The van der Waals surface area contributed by atoms with Crippen LogP contribution >= 0.6 is 11.3 Å². The number of thiophene rings is 1. The number of ether oxygens (including phenoxy) is 1. The third-order valence-corrected chi connectivity index (χ3v) is 3.21. The van der Waals surface area contributed by atoms with Crippen molar-refractivity contribution in [1.29, 1.82) is 0 Å². The predicted octanol–water partition coefficient (Wildman–Crippen LogP) is 2.23. The Morgan fingerprint density at radius 1 is 1.39 bits per heavy atom. The summed E-state index contributed by atoms with van der Waals surface area (Å²) in [6.45, 7) is 5.42. The summed E-state index contributed by atoms with van der Waals surface area (Å²) >= 11 is 1.71. The standard InChI is InChI=1S/C13H23N3OS/c1-3-17-8-5-4-7-15-13(14-2)16-10-12-6-9-18-11-12/h6,9,11H,3-5,7-8,10H2,1-2H3,(H2,14,15,16). The van der Waals surface area contributed by atoms with E-state index in [0.29, 0.717) is 0 Å². The van der Waals surface area contributed by atoms with Gasteiger partial charge in [-0.25, -0.2) is 0 Å². The molecule has 1 heterocycles. The number of hydrogen-bond donors (Lipinski definition) is 2. The first-order valence-corrected chi connectivity index (χ1v) is 7.34. The van der Waals surface area contributed by atoms with Crippen LogP contribution in [-0.2, 0) is 11.3 Å². The normalized spacial score (nSPS) is 11.6. The third-order valence-electron chi connectivity index (χ3n) is 2.48. The molecule has 1 rings (SSSR count). The molecule has 0 aliphatic rings. The van der Waals surface area contributed by atoms with Gasteiger partial charge in [0.15, 0.2) is 5.96 Å². The number of hydrogen-bond acceptors (Lipinski definition) is 3. The molecule has 0 spiro atoms. The molecule has 0 saturated carbocycles. The Kier molecular flexibility index (Phi) is 8.25.